The summed E-state index contributed by atoms with van der Waals surface area (Å²) < 4.78 is 0. The van der Waals surface area contributed by atoms with Crippen LogP contribution in [0.4, 0.5) is 0 Å². The highest BCUT2D eigenvalue weighted by molar-refractivity contribution is 6.21. The standard InChI is InChI=1S/C8H11NO2/c1-9-5-6-7(10)3-2-4-8(6)11/h5,9H,2-4H2,1H3. The topological polar surface area (TPSA) is 46.2 Å². The SMILES string of the molecule is CNC=C1C(=O)CCCC1=O. The predicted molar refractivity (Wildman–Crippen MR) is 41.0 cm³/mol. The lowest BCUT2D eigenvalue weighted by molar-refractivity contribution is -0.123. The van der Waals surface area contributed by atoms with Crippen molar-refractivity contribution in [2.24, 2.45) is 0 Å². The highest BCUT2D eigenvalue weighted by Crippen LogP contribution is 2.15. The van der Waals surface area contributed by atoms with Gasteiger partial charge in [0.15, 0.2) is 11.6 Å². The molecule has 0 heterocycles. The number of rotatable bonds is 1. The molecule has 3 nitrogen and oxygen atoms in total. The first-order chi connectivity index (χ1) is 5.25. The second-order valence-corrected chi connectivity index (χ2v) is 2.55. The van der Waals surface area contributed by atoms with E-state index in [0.29, 0.717) is 24.8 Å². The minimum atomic E-state index is -0.0319. The van der Waals surface area contributed by atoms with E-state index in [0.717, 1.165) is 0 Å². The Balaban J connectivity index is 2.79. The van der Waals surface area contributed by atoms with Crippen LogP contribution in [-0.2, 0) is 9.59 Å². The molecule has 1 aliphatic rings. The van der Waals surface area contributed by atoms with Gasteiger partial charge in [-0.3, -0.25) is 9.59 Å². The number of carbonyl (C=O) groups is 2. The van der Waals surface area contributed by atoms with E-state index in [2.05, 4.69) is 5.32 Å². The van der Waals surface area contributed by atoms with Gasteiger partial charge in [-0.15, -0.1) is 0 Å². The number of carbonyl (C=O) groups excluding carboxylic acids is 2. The maximum Gasteiger partial charge on any atom is 0.167 e. The van der Waals surface area contributed by atoms with Crippen molar-refractivity contribution in [3.05, 3.63) is 11.8 Å². The van der Waals surface area contributed by atoms with Crippen LogP contribution in [0.2, 0.25) is 0 Å². The van der Waals surface area contributed by atoms with Gasteiger partial charge < -0.3 is 5.32 Å². The van der Waals surface area contributed by atoms with E-state index in [4.69, 9.17) is 0 Å². The summed E-state index contributed by atoms with van der Waals surface area (Å²) in [6, 6.07) is 0. The molecule has 1 aliphatic carbocycles. The van der Waals surface area contributed by atoms with E-state index < -0.39 is 0 Å². The molecule has 1 rings (SSSR count). The second-order valence-electron chi connectivity index (χ2n) is 2.55. The molecule has 0 aromatic heterocycles. The Bertz CT molecular complexity index is 200. The third kappa shape index (κ3) is 1.67. The van der Waals surface area contributed by atoms with Crippen molar-refractivity contribution in [3.8, 4) is 0 Å². The van der Waals surface area contributed by atoms with Gasteiger partial charge in [0.05, 0.1) is 5.57 Å². The van der Waals surface area contributed by atoms with Gasteiger partial charge in [0, 0.05) is 26.1 Å². The average Bonchev–Trinajstić information content (AvgIpc) is 1.97. The van der Waals surface area contributed by atoms with Gasteiger partial charge >= 0.3 is 0 Å². The lowest BCUT2D eigenvalue weighted by Gasteiger charge is -2.10. The zero-order chi connectivity index (χ0) is 8.27. The molecular formula is C8H11NO2. The van der Waals surface area contributed by atoms with Gasteiger partial charge in [0.2, 0.25) is 0 Å². The summed E-state index contributed by atoms with van der Waals surface area (Å²) in [7, 11) is 1.68. The quantitative estimate of drug-likeness (QED) is 0.438. The van der Waals surface area contributed by atoms with E-state index in [1.165, 1.54) is 6.20 Å². The first-order valence-electron chi connectivity index (χ1n) is 3.69. The summed E-state index contributed by atoms with van der Waals surface area (Å²) in [4.78, 5) is 22.1. The van der Waals surface area contributed by atoms with E-state index in [1.807, 2.05) is 0 Å². The van der Waals surface area contributed by atoms with Crippen LogP contribution >= 0.6 is 0 Å². The molecule has 3 heteroatoms. The average molecular weight is 153 g/mol. The second kappa shape index (κ2) is 3.32. The molecule has 0 atom stereocenters. The van der Waals surface area contributed by atoms with Crippen molar-refractivity contribution in [2.75, 3.05) is 7.05 Å². The number of allylic oxidation sites excluding steroid dienone is 1. The number of ketones is 2. The van der Waals surface area contributed by atoms with Crippen LogP contribution in [0.15, 0.2) is 11.8 Å². The molecule has 1 fully saturated rings. The smallest absolute Gasteiger partial charge is 0.167 e. The minimum absolute atomic E-state index is 0.0319. The summed E-state index contributed by atoms with van der Waals surface area (Å²) in [6.07, 6.45) is 3.22. The molecule has 1 N–H and O–H groups in total. The van der Waals surface area contributed by atoms with Gasteiger partial charge in [-0.2, -0.15) is 0 Å². The van der Waals surface area contributed by atoms with Crippen LogP contribution < -0.4 is 5.32 Å². The first-order valence-corrected chi connectivity index (χ1v) is 3.69. The fourth-order valence-electron chi connectivity index (χ4n) is 1.14. The summed E-state index contributed by atoms with van der Waals surface area (Å²) in [5.41, 5.74) is 0.332. The highest BCUT2D eigenvalue weighted by Gasteiger charge is 2.22. The van der Waals surface area contributed by atoms with Crippen molar-refractivity contribution in [1.29, 1.82) is 0 Å². The molecule has 0 unspecified atom stereocenters. The molecule has 1 saturated carbocycles. The van der Waals surface area contributed by atoms with E-state index >= 15 is 0 Å². The molecule has 0 spiro atoms. The van der Waals surface area contributed by atoms with Crippen molar-refractivity contribution in [3.63, 3.8) is 0 Å². The van der Waals surface area contributed by atoms with Crippen molar-refractivity contribution < 1.29 is 9.59 Å². The maximum atomic E-state index is 11.1. The monoisotopic (exact) mass is 153 g/mol. The molecule has 60 valence electrons. The largest absolute Gasteiger partial charge is 0.393 e. The Hall–Kier alpha value is -1.12. The summed E-state index contributed by atoms with van der Waals surface area (Å²) in [6.45, 7) is 0. The Morgan fingerprint density at radius 3 is 2.27 bits per heavy atom. The third-order valence-electron chi connectivity index (χ3n) is 1.70. The molecule has 0 bridgehead atoms. The van der Waals surface area contributed by atoms with Gasteiger partial charge in [0.25, 0.3) is 0 Å². The van der Waals surface area contributed by atoms with E-state index in [1.54, 1.807) is 7.05 Å². The maximum absolute atomic E-state index is 11.1. The molecule has 0 aromatic carbocycles. The normalized spacial score (nSPS) is 18.5. The van der Waals surface area contributed by atoms with Gasteiger partial charge in [0.1, 0.15) is 0 Å². The first kappa shape index (κ1) is 7.98. The van der Waals surface area contributed by atoms with Gasteiger partial charge in [-0.1, -0.05) is 0 Å². The number of Topliss-reactive ketones (excluding diaryl/α,β-unsaturated/α-hetero) is 2. The van der Waals surface area contributed by atoms with E-state index in [9.17, 15) is 9.59 Å². The summed E-state index contributed by atoms with van der Waals surface area (Å²) >= 11 is 0. The lowest BCUT2D eigenvalue weighted by atomic mass is 9.93. The Labute approximate surface area is 65.5 Å². The highest BCUT2D eigenvalue weighted by atomic mass is 16.1. The molecule has 0 amide bonds. The molecule has 0 saturated heterocycles. The number of hydrogen-bond acceptors (Lipinski definition) is 3. The molecule has 0 radical (unpaired) electrons. The number of nitrogens with one attached hydrogen (secondary N) is 1. The fourth-order valence-corrected chi connectivity index (χ4v) is 1.14. The molecule has 0 aliphatic heterocycles. The van der Waals surface area contributed by atoms with Gasteiger partial charge in [-0.25, -0.2) is 0 Å². The molecular weight excluding hydrogens is 142 g/mol. The van der Waals surface area contributed by atoms with Crippen LogP contribution in [0.25, 0.3) is 0 Å². The van der Waals surface area contributed by atoms with Crippen LogP contribution in [0.5, 0.6) is 0 Å². The Morgan fingerprint density at radius 2 is 1.82 bits per heavy atom. The van der Waals surface area contributed by atoms with Crippen molar-refractivity contribution in [2.45, 2.75) is 19.3 Å². The van der Waals surface area contributed by atoms with Crippen LogP contribution in [0, 0.1) is 0 Å². The Kier molecular flexibility index (Phi) is 2.41. The minimum Gasteiger partial charge on any atom is -0.393 e. The van der Waals surface area contributed by atoms with Crippen LogP contribution in [0.3, 0.4) is 0 Å². The number of hydrogen-bond donors (Lipinski definition) is 1. The van der Waals surface area contributed by atoms with E-state index in [-0.39, 0.29) is 11.6 Å². The zero-order valence-electron chi connectivity index (χ0n) is 6.52. The molecule has 11 heavy (non-hydrogen) atoms. The lowest BCUT2D eigenvalue weighted by Crippen LogP contribution is -2.20. The fraction of sp³-hybridized carbons (Fsp3) is 0.500. The zero-order valence-corrected chi connectivity index (χ0v) is 6.52. The van der Waals surface area contributed by atoms with Crippen LogP contribution in [-0.4, -0.2) is 18.6 Å². The Morgan fingerprint density at radius 1 is 1.27 bits per heavy atom. The van der Waals surface area contributed by atoms with Crippen LogP contribution in [0.1, 0.15) is 19.3 Å². The summed E-state index contributed by atoms with van der Waals surface area (Å²) in [5, 5.41) is 2.69. The third-order valence-corrected chi connectivity index (χ3v) is 1.70. The summed E-state index contributed by atoms with van der Waals surface area (Å²) in [5.74, 6) is -0.0637. The van der Waals surface area contributed by atoms with Gasteiger partial charge in [-0.05, 0) is 6.42 Å². The predicted octanol–water partition coefficient (Wildman–Crippen LogP) is 0.412. The van der Waals surface area contributed by atoms with Crippen molar-refractivity contribution >= 4 is 11.6 Å². The molecule has 0 aromatic rings. The van der Waals surface area contributed by atoms with Crippen molar-refractivity contribution in [1.82, 2.24) is 5.32 Å².